The standard InChI is InChI=1S/C5H3Br2Cl3N2/c6-1-5(7,10)4-11-2(8)3(9)12-4/h1H2,(H,11,12). The first-order valence-corrected chi connectivity index (χ1v) is 5.87. The Morgan fingerprint density at radius 2 is 2.08 bits per heavy atom. The lowest BCUT2D eigenvalue weighted by atomic mass is 10.4. The van der Waals surface area contributed by atoms with Crippen LogP contribution in [0.2, 0.25) is 10.3 Å². The molecule has 12 heavy (non-hydrogen) atoms. The molecule has 1 atom stereocenters. The molecule has 1 aromatic heterocycles. The molecule has 0 fully saturated rings. The topological polar surface area (TPSA) is 28.7 Å². The number of imidazole rings is 1. The molecule has 0 radical (unpaired) electrons. The summed E-state index contributed by atoms with van der Waals surface area (Å²) < 4.78 is -0.788. The number of aromatic nitrogens is 2. The summed E-state index contributed by atoms with van der Waals surface area (Å²) >= 11 is 23.7. The fourth-order valence-corrected chi connectivity index (χ4v) is 1.37. The molecule has 1 rings (SSSR count). The van der Waals surface area contributed by atoms with E-state index in [2.05, 4.69) is 41.8 Å². The van der Waals surface area contributed by atoms with Gasteiger partial charge in [0.2, 0.25) is 0 Å². The monoisotopic (exact) mass is 354 g/mol. The van der Waals surface area contributed by atoms with Crippen molar-refractivity contribution in [2.24, 2.45) is 0 Å². The Bertz CT molecular complexity index is 267. The van der Waals surface area contributed by atoms with Crippen LogP contribution in [0.1, 0.15) is 5.82 Å². The van der Waals surface area contributed by atoms with Crippen LogP contribution in [-0.2, 0) is 3.78 Å². The van der Waals surface area contributed by atoms with Crippen molar-refractivity contribution in [1.82, 2.24) is 9.97 Å². The average Bonchev–Trinajstić information content (AvgIpc) is 2.33. The normalized spacial score (nSPS) is 16.1. The van der Waals surface area contributed by atoms with Gasteiger partial charge in [0.25, 0.3) is 0 Å². The number of H-pyrrole nitrogens is 1. The van der Waals surface area contributed by atoms with Gasteiger partial charge in [0.05, 0.1) is 0 Å². The summed E-state index contributed by atoms with van der Waals surface area (Å²) in [6, 6.07) is 0. The molecule has 1 N–H and O–H groups in total. The lowest BCUT2D eigenvalue weighted by Crippen LogP contribution is -2.13. The van der Waals surface area contributed by atoms with E-state index in [0.29, 0.717) is 11.2 Å². The smallest absolute Gasteiger partial charge is 0.166 e. The molecule has 0 bridgehead atoms. The predicted octanol–water partition coefficient (Wildman–Crippen LogP) is 3.90. The van der Waals surface area contributed by atoms with Crippen LogP contribution in [0.25, 0.3) is 0 Å². The molecule has 0 aliphatic heterocycles. The van der Waals surface area contributed by atoms with Gasteiger partial charge in [-0.1, -0.05) is 66.7 Å². The first-order valence-electron chi connectivity index (χ1n) is 2.82. The Morgan fingerprint density at radius 3 is 2.42 bits per heavy atom. The number of rotatable bonds is 2. The highest BCUT2D eigenvalue weighted by atomic mass is 79.9. The molecule has 1 aromatic rings. The molecule has 2 nitrogen and oxygen atoms in total. The number of alkyl halides is 3. The highest BCUT2D eigenvalue weighted by molar-refractivity contribution is 9.12. The van der Waals surface area contributed by atoms with E-state index in [4.69, 9.17) is 34.8 Å². The molecule has 0 aliphatic rings. The van der Waals surface area contributed by atoms with Crippen molar-refractivity contribution < 1.29 is 0 Å². The molecule has 0 saturated heterocycles. The zero-order valence-corrected chi connectivity index (χ0v) is 11.0. The van der Waals surface area contributed by atoms with Crippen molar-refractivity contribution in [3.8, 4) is 0 Å². The predicted molar refractivity (Wildman–Crippen MR) is 58.9 cm³/mol. The van der Waals surface area contributed by atoms with Crippen molar-refractivity contribution in [3.63, 3.8) is 0 Å². The highest BCUT2D eigenvalue weighted by Crippen LogP contribution is 2.37. The third-order valence-electron chi connectivity index (χ3n) is 1.13. The Labute approximate surface area is 101 Å². The zero-order valence-electron chi connectivity index (χ0n) is 5.54. The van der Waals surface area contributed by atoms with Crippen LogP contribution in [0.3, 0.4) is 0 Å². The fourth-order valence-electron chi connectivity index (χ4n) is 0.567. The summed E-state index contributed by atoms with van der Waals surface area (Å²) in [6.45, 7) is 0. The van der Waals surface area contributed by atoms with Crippen LogP contribution in [0, 0.1) is 0 Å². The van der Waals surface area contributed by atoms with Crippen molar-refractivity contribution in [2.75, 3.05) is 5.33 Å². The summed E-state index contributed by atoms with van der Waals surface area (Å²) in [4.78, 5) is 6.67. The van der Waals surface area contributed by atoms with Gasteiger partial charge in [-0.25, -0.2) is 4.98 Å². The van der Waals surface area contributed by atoms with Crippen molar-refractivity contribution in [2.45, 2.75) is 3.78 Å². The fraction of sp³-hybridized carbons (Fsp3) is 0.400. The number of hydrogen-bond acceptors (Lipinski definition) is 1. The molecular formula is C5H3Br2Cl3N2. The van der Waals surface area contributed by atoms with Crippen LogP contribution in [-0.4, -0.2) is 15.3 Å². The Morgan fingerprint density at radius 1 is 1.50 bits per heavy atom. The minimum absolute atomic E-state index is 0.220. The SMILES string of the molecule is Clc1nc(C(Cl)(Br)CBr)[nH]c1Cl. The molecule has 0 aromatic carbocycles. The summed E-state index contributed by atoms with van der Waals surface area (Å²) in [6.07, 6.45) is 0. The van der Waals surface area contributed by atoms with Crippen molar-refractivity contribution in [3.05, 3.63) is 16.1 Å². The third-order valence-corrected chi connectivity index (χ3v) is 4.66. The maximum absolute atomic E-state index is 5.99. The van der Waals surface area contributed by atoms with Gasteiger partial charge in [-0.3, -0.25) is 0 Å². The van der Waals surface area contributed by atoms with Gasteiger partial charge >= 0.3 is 0 Å². The maximum atomic E-state index is 5.99. The van der Waals surface area contributed by atoms with Crippen LogP contribution in [0.5, 0.6) is 0 Å². The first kappa shape index (κ1) is 11.1. The number of aromatic amines is 1. The van der Waals surface area contributed by atoms with Gasteiger partial charge in [-0.05, 0) is 0 Å². The van der Waals surface area contributed by atoms with Crippen LogP contribution >= 0.6 is 66.7 Å². The summed E-state index contributed by atoms with van der Waals surface area (Å²) in [7, 11) is 0. The van der Waals surface area contributed by atoms with Crippen LogP contribution < -0.4 is 0 Å². The van der Waals surface area contributed by atoms with E-state index in [-0.39, 0.29) is 10.3 Å². The van der Waals surface area contributed by atoms with E-state index in [1.165, 1.54) is 0 Å². The summed E-state index contributed by atoms with van der Waals surface area (Å²) in [5.41, 5.74) is 0. The molecule has 0 spiro atoms. The number of hydrogen-bond donors (Lipinski definition) is 1. The Balaban J connectivity index is 3.04. The van der Waals surface area contributed by atoms with Gasteiger partial charge in [0, 0.05) is 5.33 Å². The molecule has 0 aliphatic carbocycles. The zero-order chi connectivity index (χ0) is 9.35. The molecule has 0 saturated carbocycles. The largest absolute Gasteiger partial charge is 0.329 e. The van der Waals surface area contributed by atoms with Crippen molar-refractivity contribution >= 4 is 66.7 Å². The summed E-state index contributed by atoms with van der Waals surface area (Å²) in [5.74, 6) is 0.482. The van der Waals surface area contributed by atoms with E-state index >= 15 is 0 Å². The second kappa shape index (κ2) is 4.05. The quantitative estimate of drug-likeness (QED) is 0.799. The molecular weight excluding hydrogens is 354 g/mol. The van der Waals surface area contributed by atoms with Crippen LogP contribution in [0.15, 0.2) is 0 Å². The minimum Gasteiger partial charge on any atom is -0.329 e. The van der Waals surface area contributed by atoms with Gasteiger partial charge in [-0.2, -0.15) is 0 Å². The second-order valence-electron chi connectivity index (χ2n) is 2.03. The lowest BCUT2D eigenvalue weighted by Gasteiger charge is -2.12. The highest BCUT2D eigenvalue weighted by Gasteiger charge is 2.29. The average molecular weight is 357 g/mol. The first-order chi connectivity index (χ1) is 5.47. The van der Waals surface area contributed by atoms with E-state index in [9.17, 15) is 0 Å². The van der Waals surface area contributed by atoms with E-state index in [1.54, 1.807) is 0 Å². The number of nitrogens with zero attached hydrogens (tertiary/aromatic N) is 1. The Hall–Kier alpha value is 1.04. The second-order valence-corrected chi connectivity index (χ2v) is 5.78. The van der Waals surface area contributed by atoms with Gasteiger partial charge in [0.1, 0.15) is 11.0 Å². The molecule has 1 unspecified atom stereocenters. The number of halogens is 5. The van der Waals surface area contributed by atoms with E-state index in [0.717, 1.165) is 0 Å². The maximum Gasteiger partial charge on any atom is 0.166 e. The van der Waals surface area contributed by atoms with Crippen LogP contribution in [0.4, 0.5) is 0 Å². The van der Waals surface area contributed by atoms with Gasteiger partial charge < -0.3 is 4.98 Å². The molecule has 0 amide bonds. The molecule has 7 heteroatoms. The number of nitrogens with one attached hydrogen (secondary N) is 1. The Kier molecular flexibility index (Phi) is 3.75. The third kappa shape index (κ3) is 2.29. The van der Waals surface area contributed by atoms with Gasteiger partial charge in [0.15, 0.2) is 8.94 Å². The van der Waals surface area contributed by atoms with Gasteiger partial charge in [-0.15, -0.1) is 0 Å². The molecule has 1 heterocycles. The van der Waals surface area contributed by atoms with E-state index in [1.807, 2.05) is 0 Å². The lowest BCUT2D eigenvalue weighted by molar-refractivity contribution is 0.922. The molecule has 68 valence electrons. The minimum atomic E-state index is -0.788. The van der Waals surface area contributed by atoms with Crippen molar-refractivity contribution in [1.29, 1.82) is 0 Å². The summed E-state index contributed by atoms with van der Waals surface area (Å²) in [5, 5.41) is 0.996. The van der Waals surface area contributed by atoms with E-state index < -0.39 is 3.78 Å².